The molecule has 1 aromatic carbocycles. The molecule has 2 saturated heterocycles. The Hall–Kier alpha value is -1.14. The maximum atomic E-state index is 5.87. The van der Waals surface area contributed by atoms with Gasteiger partial charge in [-0.25, -0.2) is 0 Å². The van der Waals surface area contributed by atoms with Crippen molar-refractivity contribution in [2.45, 2.75) is 12.6 Å². The lowest BCUT2D eigenvalue weighted by atomic mass is 10.1. The molecule has 0 saturated carbocycles. The number of anilines is 1. The summed E-state index contributed by atoms with van der Waals surface area (Å²) in [7, 11) is 0. The zero-order valence-corrected chi connectivity index (χ0v) is 9.43. The van der Waals surface area contributed by atoms with E-state index >= 15 is 0 Å². The van der Waals surface area contributed by atoms with Gasteiger partial charge in [0.15, 0.2) is 12.6 Å². The summed E-state index contributed by atoms with van der Waals surface area (Å²) in [5.41, 5.74) is 8.36. The minimum absolute atomic E-state index is 0.321. The van der Waals surface area contributed by atoms with E-state index in [9.17, 15) is 0 Å². The SMILES string of the molecule is Nc1cc(C2OCCO2)cc(C2OCCO2)c1. The summed E-state index contributed by atoms with van der Waals surface area (Å²) in [6.07, 6.45) is -0.641. The Kier molecular flexibility index (Phi) is 2.98. The van der Waals surface area contributed by atoms with Gasteiger partial charge in [-0.15, -0.1) is 0 Å². The normalized spacial score (nSPS) is 22.4. The van der Waals surface area contributed by atoms with Gasteiger partial charge in [0.2, 0.25) is 0 Å². The van der Waals surface area contributed by atoms with Gasteiger partial charge in [-0.3, -0.25) is 0 Å². The first-order valence-corrected chi connectivity index (χ1v) is 5.70. The summed E-state index contributed by atoms with van der Waals surface area (Å²) in [5.74, 6) is 0. The average molecular weight is 237 g/mol. The van der Waals surface area contributed by atoms with Crippen LogP contribution in [0, 0.1) is 0 Å². The third-order valence-corrected chi connectivity index (χ3v) is 2.79. The number of hydrogen-bond acceptors (Lipinski definition) is 5. The second kappa shape index (κ2) is 4.62. The predicted molar refractivity (Wildman–Crippen MR) is 60.1 cm³/mol. The summed E-state index contributed by atoms with van der Waals surface area (Å²) >= 11 is 0. The Bertz CT molecular complexity index is 363. The molecule has 0 spiro atoms. The van der Waals surface area contributed by atoms with Crippen molar-refractivity contribution in [3.8, 4) is 0 Å². The van der Waals surface area contributed by atoms with Crippen LogP contribution in [-0.2, 0) is 18.9 Å². The maximum Gasteiger partial charge on any atom is 0.184 e. The number of ether oxygens (including phenoxy) is 4. The summed E-state index contributed by atoms with van der Waals surface area (Å²) < 4.78 is 21.8. The highest BCUT2D eigenvalue weighted by molar-refractivity contribution is 5.45. The smallest absolute Gasteiger partial charge is 0.184 e. The van der Waals surface area contributed by atoms with Crippen LogP contribution in [0.1, 0.15) is 23.7 Å². The largest absolute Gasteiger partial charge is 0.399 e. The summed E-state index contributed by atoms with van der Waals surface area (Å²) in [6.45, 7) is 2.47. The highest BCUT2D eigenvalue weighted by atomic mass is 16.7. The van der Waals surface area contributed by atoms with Crippen LogP contribution < -0.4 is 5.73 Å². The zero-order valence-electron chi connectivity index (χ0n) is 9.43. The molecule has 17 heavy (non-hydrogen) atoms. The quantitative estimate of drug-likeness (QED) is 0.787. The van der Waals surface area contributed by atoms with E-state index in [1.54, 1.807) is 0 Å². The Balaban J connectivity index is 1.88. The fourth-order valence-corrected chi connectivity index (χ4v) is 2.08. The molecule has 0 bridgehead atoms. The maximum absolute atomic E-state index is 5.87. The van der Waals surface area contributed by atoms with Crippen molar-refractivity contribution in [1.82, 2.24) is 0 Å². The minimum atomic E-state index is -0.321. The fraction of sp³-hybridized carbons (Fsp3) is 0.500. The van der Waals surface area contributed by atoms with Crippen molar-refractivity contribution in [1.29, 1.82) is 0 Å². The first-order valence-electron chi connectivity index (χ1n) is 5.70. The molecule has 3 rings (SSSR count). The van der Waals surface area contributed by atoms with E-state index in [1.165, 1.54) is 0 Å². The Morgan fingerprint density at radius 2 is 1.18 bits per heavy atom. The Morgan fingerprint density at radius 3 is 1.59 bits per heavy atom. The van der Waals surface area contributed by atoms with Crippen LogP contribution in [-0.4, -0.2) is 26.4 Å². The van der Waals surface area contributed by atoms with Crippen molar-refractivity contribution in [3.05, 3.63) is 29.3 Å². The van der Waals surface area contributed by atoms with Crippen molar-refractivity contribution in [3.63, 3.8) is 0 Å². The first kappa shape index (κ1) is 11.0. The number of benzene rings is 1. The van der Waals surface area contributed by atoms with Gasteiger partial charge in [-0.2, -0.15) is 0 Å². The van der Waals surface area contributed by atoms with E-state index in [2.05, 4.69) is 0 Å². The van der Waals surface area contributed by atoms with Crippen LogP contribution in [0.4, 0.5) is 5.69 Å². The van der Waals surface area contributed by atoms with Gasteiger partial charge in [-0.05, 0) is 18.2 Å². The summed E-state index contributed by atoms with van der Waals surface area (Å²) in [5, 5.41) is 0. The van der Waals surface area contributed by atoms with Crippen LogP contribution in [0.25, 0.3) is 0 Å². The van der Waals surface area contributed by atoms with E-state index in [0.29, 0.717) is 32.1 Å². The summed E-state index contributed by atoms with van der Waals surface area (Å²) in [6, 6.07) is 5.67. The third kappa shape index (κ3) is 2.28. The van der Waals surface area contributed by atoms with Gasteiger partial charge in [0, 0.05) is 16.8 Å². The van der Waals surface area contributed by atoms with E-state index in [4.69, 9.17) is 24.7 Å². The lowest BCUT2D eigenvalue weighted by Gasteiger charge is -2.15. The number of hydrogen-bond donors (Lipinski definition) is 1. The second-order valence-electron chi connectivity index (χ2n) is 4.08. The predicted octanol–water partition coefficient (Wildman–Crippen LogP) is 1.36. The van der Waals surface area contributed by atoms with Crippen molar-refractivity contribution >= 4 is 5.69 Å². The molecular weight excluding hydrogens is 222 g/mol. The van der Waals surface area contributed by atoms with Crippen LogP contribution in [0.3, 0.4) is 0 Å². The molecule has 1 aromatic rings. The second-order valence-corrected chi connectivity index (χ2v) is 4.08. The molecule has 0 aliphatic carbocycles. The molecule has 92 valence electrons. The molecule has 0 radical (unpaired) electrons. The molecule has 0 unspecified atom stereocenters. The van der Waals surface area contributed by atoms with Gasteiger partial charge < -0.3 is 24.7 Å². The lowest BCUT2D eigenvalue weighted by Crippen LogP contribution is -2.04. The van der Waals surface area contributed by atoms with Gasteiger partial charge in [-0.1, -0.05) is 0 Å². The zero-order chi connectivity index (χ0) is 11.7. The van der Waals surface area contributed by atoms with E-state index < -0.39 is 0 Å². The Labute approximate surface area is 99.4 Å². The van der Waals surface area contributed by atoms with E-state index in [0.717, 1.165) is 11.1 Å². The Morgan fingerprint density at radius 1 is 0.765 bits per heavy atom. The monoisotopic (exact) mass is 237 g/mol. The number of rotatable bonds is 2. The fourth-order valence-electron chi connectivity index (χ4n) is 2.08. The minimum Gasteiger partial charge on any atom is -0.399 e. The first-order chi connectivity index (χ1) is 8.33. The van der Waals surface area contributed by atoms with Crippen LogP contribution in [0.2, 0.25) is 0 Å². The molecule has 0 amide bonds. The molecule has 2 aliphatic heterocycles. The molecule has 0 atom stereocenters. The highest BCUT2D eigenvalue weighted by Crippen LogP contribution is 2.31. The molecule has 2 N–H and O–H groups in total. The van der Waals surface area contributed by atoms with Crippen molar-refractivity contribution < 1.29 is 18.9 Å². The van der Waals surface area contributed by atoms with Gasteiger partial charge in [0.05, 0.1) is 26.4 Å². The molecule has 0 aromatic heterocycles. The lowest BCUT2D eigenvalue weighted by molar-refractivity contribution is -0.0491. The molecule has 2 fully saturated rings. The van der Waals surface area contributed by atoms with E-state index in [1.807, 2.05) is 18.2 Å². The van der Waals surface area contributed by atoms with E-state index in [-0.39, 0.29) is 12.6 Å². The average Bonchev–Trinajstić information content (AvgIpc) is 3.02. The van der Waals surface area contributed by atoms with Crippen LogP contribution >= 0.6 is 0 Å². The van der Waals surface area contributed by atoms with Crippen molar-refractivity contribution in [2.24, 2.45) is 0 Å². The molecular formula is C12H15NO4. The van der Waals surface area contributed by atoms with Crippen LogP contribution in [0.15, 0.2) is 18.2 Å². The molecule has 2 heterocycles. The third-order valence-electron chi connectivity index (χ3n) is 2.79. The molecule has 5 heteroatoms. The standard InChI is InChI=1S/C12H15NO4/c13-10-6-8(11-14-1-2-15-11)5-9(7-10)12-16-3-4-17-12/h5-7,11-12H,1-4,13H2. The highest BCUT2D eigenvalue weighted by Gasteiger charge is 2.23. The molecule has 5 nitrogen and oxygen atoms in total. The van der Waals surface area contributed by atoms with Crippen LogP contribution in [0.5, 0.6) is 0 Å². The van der Waals surface area contributed by atoms with Crippen molar-refractivity contribution in [2.75, 3.05) is 32.2 Å². The number of nitrogens with two attached hydrogens (primary N) is 1. The van der Waals surface area contributed by atoms with Gasteiger partial charge in [0.1, 0.15) is 0 Å². The van der Waals surface area contributed by atoms with Gasteiger partial charge in [0.25, 0.3) is 0 Å². The topological polar surface area (TPSA) is 62.9 Å². The van der Waals surface area contributed by atoms with Gasteiger partial charge >= 0.3 is 0 Å². The molecule has 2 aliphatic rings. The number of nitrogen functional groups attached to an aromatic ring is 1. The summed E-state index contributed by atoms with van der Waals surface area (Å²) in [4.78, 5) is 0.